The summed E-state index contributed by atoms with van der Waals surface area (Å²) < 4.78 is 0. The van der Waals surface area contributed by atoms with E-state index in [9.17, 15) is 0 Å². The van der Waals surface area contributed by atoms with E-state index < -0.39 is 0 Å². The number of hydrogen-bond acceptors (Lipinski definition) is 3. The predicted octanol–water partition coefficient (Wildman–Crippen LogP) is 1.75. The average Bonchev–Trinajstić information content (AvgIpc) is 2.09. The summed E-state index contributed by atoms with van der Waals surface area (Å²) in [6.07, 6.45) is 1.74. The van der Waals surface area contributed by atoms with Gasteiger partial charge in [0, 0.05) is 25.0 Å². The summed E-state index contributed by atoms with van der Waals surface area (Å²) in [6.45, 7) is 1.58. The molecule has 0 amide bonds. The molecule has 66 valence electrons. The zero-order chi connectivity index (χ0) is 8.81. The first-order valence-corrected chi connectivity index (χ1v) is 4.76. The van der Waals surface area contributed by atoms with Gasteiger partial charge >= 0.3 is 0 Å². The molecule has 0 saturated carbocycles. The fourth-order valence-corrected chi connectivity index (χ4v) is 1.18. The van der Waals surface area contributed by atoms with Crippen LogP contribution in [-0.2, 0) is 6.54 Å². The van der Waals surface area contributed by atoms with Crippen LogP contribution in [0.1, 0.15) is 5.69 Å². The second-order valence-electron chi connectivity index (χ2n) is 2.33. The molecule has 4 heteroatoms. The highest BCUT2D eigenvalue weighted by Gasteiger charge is 1.97. The number of nitrogens with one attached hydrogen (secondary N) is 1. The quantitative estimate of drug-likeness (QED) is 0.575. The molecule has 0 aliphatic carbocycles. The first-order valence-electron chi connectivity index (χ1n) is 3.75. The zero-order valence-corrected chi connectivity index (χ0v) is 8.28. The molecule has 0 radical (unpaired) electrons. The van der Waals surface area contributed by atoms with Gasteiger partial charge in [-0.1, -0.05) is 11.6 Å². The first-order chi connectivity index (χ1) is 5.84. The van der Waals surface area contributed by atoms with Gasteiger partial charge < -0.3 is 5.32 Å². The fourth-order valence-electron chi connectivity index (χ4n) is 0.834. The second-order valence-corrected chi connectivity index (χ2v) is 3.19. The largest absolute Gasteiger partial charge is 0.310 e. The second kappa shape index (κ2) is 5.41. The number of pyridine rings is 1. The van der Waals surface area contributed by atoms with E-state index in [2.05, 4.69) is 22.9 Å². The molecule has 1 N–H and O–H groups in total. The minimum Gasteiger partial charge on any atom is -0.310 e. The molecular weight excluding hydrogens is 192 g/mol. The van der Waals surface area contributed by atoms with E-state index in [1.165, 1.54) is 0 Å². The fraction of sp³-hybridized carbons (Fsp3) is 0.375. The minimum absolute atomic E-state index is 0.709. The first kappa shape index (κ1) is 9.84. The molecule has 0 atom stereocenters. The Kier molecular flexibility index (Phi) is 4.43. The van der Waals surface area contributed by atoms with Crippen LogP contribution in [0.2, 0.25) is 5.02 Å². The maximum Gasteiger partial charge on any atom is 0.0727 e. The van der Waals surface area contributed by atoms with Crippen molar-refractivity contribution in [2.24, 2.45) is 0 Å². The van der Waals surface area contributed by atoms with Gasteiger partial charge in [-0.3, -0.25) is 4.98 Å². The molecule has 0 spiro atoms. The van der Waals surface area contributed by atoms with Crippen molar-refractivity contribution in [2.75, 3.05) is 12.3 Å². The van der Waals surface area contributed by atoms with Gasteiger partial charge in [0.2, 0.25) is 0 Å². The number of rotatable bonds is 4. The van der Waals surface area contributed by atoms with Gasteiger partial charge in [0.15, 0.2) is 0 Å². The third-order valence-corrected chi connectivity index (χ3v) is 1.98. The van der Waals surface area contributed by atoms with Crippen LogP contribution in [0, 0.1) is 0 Å². The van der Waals surface area contributed by atoms with Gasteiger partial charge in [0.25, 0.3) is 0 Å². The number of thiol groups is 1. The highest BCUT2D eigenvalue weighted by molar-refractivity contribution is 7.80. The summed E-state index contributed by atoms with van der Waals surface area (Å²) in [5, 5.41) is 3.88. The number of nitrogens with zero attached hydrogens (tertiary/aromatic N) is 1. The Balaban J connectivity index is 2.46. The summed E-state index contributed by atoms with van der Waals surface area (Å²) >= 11 is 9.96. The standard InChI is InChI=1S/C8H11ClN2S/c9-7-2-1-3-11-8(7)6-10-4-5-12/h1-3,10,12H,4-6H2. The molecule has 0 aromatic carbocycles. The third kappa shape index (κ3) is 3.01. The minimum atomic E-state index is 0.709. The monoisotopic (exact) mass is 202 g/mol. The lowest BCUT2D eigenvalue weighted by Gasteiger charge is -2.02. The zero-order valence-electron chi connectivity index (χ0n) is 6.63. The van der Waals surface area contributed by atoms with E-state index in [-0.39, 0.29) is 0 Å². The summed E-state index contributed by atoms with van der Waals surface area (Å²) in [6, 6.07) is 3.66. The highest BCUT2D eigenvalue weighted by Crippen LogP contribution is 2.10. The van der Waals surface area contributed by atoms with Crippen molar-refractivity contribution >= 4 is 24.2 Å². The van der Waals surface area contributed by atoms with Gasteiger partial charge in [0.05, 0.1) is 10.7 Å². The topological polar surface area (TPSA) is 24.9 Å². The Bertz CT molecular complexity index is 242. The lowest BCUT2D eigenvalue weighted by Crippen LogP contribution is -2.16. The maximum absolute atomic E-state index is 5.88. The molecule has 0 aliphatic heterocycles. The van der Waals surface area contributed by atoms with Crippen LogP contribution in [0.5, 0.6) is 0 Å². The van der Waals surface area contributed by atoms with Crippen molar-refractivity contribution in [3.8, 4) is 0 Å². The van der Waals surface area contributed by atoms with E-state index in [1.54, 1.807) is 6.20 Å². The van der Waals surface area contributed by atoms with Crippen LogP contribution in [0.15, 0.2) is 18.3 Å². The van der Waals surface area contributed by atoms with E-state index >= 15 is 0 Å². The van der Waals surface area contributed by atoms with Crippen LogP contribution < -0.4 is 5.32 Å². The van der Waals surface area contributed by atoms with Crippen molar-refractivity contribution in [1.29, 1.82) is 0 Å². The van der Waals surface area contributed by atoms with E-state index in [0.29, 0.717) is 11.6 Å². The molecule has 0 fully saturated rings. The van der Waals surface area contributed by atoms with Crippen LogP contribution >= 0.6 is 24.2 Å². The SMILES string of the molecule is SCCNCc1ncccc1Cl. The molecular formula is C8H11ClN2S. The van der Waals surface area contributed by atoms with Gasteiger partial charge in [-0.2, -0.15) is 12.6 Å². The summed E-state index contributed by atoms with van der Waals surface area (Å²) in [5.74, 6) is 0.824. The maximum atomic E-state index is 5.88. The summed E-state index contributed by atoms with van der Waals surface area (Å²) in [7, 11) is 0. The van der Waals surface area contributed by atoms with Crippen molar-refractivity contribution in [3.05, 3.63) is 29.0 Å². The molecule has 0 saturated heterocycles. The molecule has 1 rings (SSSR count). The number of halogens is 1. The summed E-state index contributed by atoms with van der Waals surface area (Å²) in [5.41, 5.74) is 0.890. The summed E-state index contributed by atoms with van der Waals surface area (Å²) in [4.78, 5) is 4.13. The van der Waals surface area contributed by atoms with E-state index in [1.807, 2.05) is 12.1 Å². The van der Waals surface area contributed by atoms with Crippen molar-refractivity contribution in [2.45, 2.75) is 6.54 Å². The third-order valence-electron chi connectivity index (χ3n) is 1.42. The Hall–Kier alpha value is -0.250. The van der Waals surface area contributed by atoms with Crippen molar-refractivity contribution in [3.63, 3.8) is 0 Å². The molecule has 1 heterocycles. The lowest BCUT2D eigenvalue weighted by atomic mass is 10.3. The van der Waals surface area contributed by atoms with Crippen molar-refractivity contribution < 1.29 is 0 Å². The molecule has 0 aliphatic rings. The Morgan fingerprint density at radius 2 is 2.42 bits per heavy atom. The average molecular weight is 203 g/mol. The molecule has 1 aromatic rings. The van der Waals surface area contributed by atoms with Crippen LogP contribution in [-0.4, -0.2) is 17.3 Å². The normalized spacial score (nSPS) is 10.2. The Morgan fingerprint density at radius 1 is 1.58 bits per heavy atom. The van der Waals surface area contributed by atoms with Crippen LogP contribution in [0.4, 0.5) is 0 Å². The van der Waals surface area contributed by atoms with Gasteiger partial charge in [-0.15, -0.1) is 0 Å². The smallest absolute Gasteiger partial charge is 0.0727 e. The van der Waals surface area contributed by atoms with E-state index in [0.717, 1.165) is 18.0 Å². The Labute approximate surface area is 82.8 Å². The van der Waals surface area contributed by atoms with Gasteiger partial charge in [-0.05, 0) is 12.1 Å². The molecule has 2 nitrogen and oxygen atoms in total. The van der Waals surface area contributed by atoms with Crippen molar-refractivity contribution in [1.82, 2.24) is 10.3 Å². The Morgan fingerprint density at radius 3 is 3.08 bits per heavy atom. The lowest BCUT2D eigenvalue weighted by molar-refractivity contribution is 0.716. The van der Waals surface area contributed by atoms with Crippen LogP contribution in [0.25, 0.3) is 0 Å². The molecule has 0 bridgehead atoms. The number of hydrogen-bond donors (Lipinski definition) is 2. The van der Waals surface area contributed by atoms with Gasteiger partial charge in [-0.25, -0.2) is 0 Å². The molecule has 0 unspecified atom stereocenters. The van der Waals surface area contributed by atoms with Crippen LogP contribution in [0.3, 0.4) is 0 Å². The highest BCUT2D eigenvalue weighted by atomic mass is 35.5. The van der Waals surface area contributed by atoms with Gasteiger partial charge in [0.1, 0.15) is 0 Å². The molecule has 12 heavy (non-hydrogen) atoms. The predicted molar refractivity (Wildman–Crippen MR) is 54.8 cm³/mol. The molecule has 1 aromatic heterocycles. The number of aromatic nitrogens is 1. The van der Waals surface area contributed by atoms with E-state index in [4.69, 9.17) is 11.6 Å².